The van der Waals surface area contributed by atoms with Crippen LogP contribution < -0.4 is 10.1 Å². The lowest BCUT2D eigenvalue weighted by Gasteiger charge is -2.21. The predicted octanol–water partition coefficient (Wildman–Crippen LogP) is 3.83. The van der Waals surface area contributed by atoms with E-state index in [2.05, 4.69) is 10.1 Å². The van der Waals surface area contributed by atoms with Crippen LogP contribution in [0, 0.1) is 5.41 Å². The maximum absolute atomic E-state index is 12.1. The molecule has 0 spiro atoms. The molecule has 0 fully saturated rings. The van der Waals surface area contributed by atoms with Gasteiger partial charge in [-0.1, -0.05) is 12.1 Å². The Balaban J connectivity index is 2.83. The minimum atomic E-state index is -4.44. The first-order valence-corrected chi connectivity index (χ1v) is 6.35. The Bertz CT molecular complexity index is 475. The Morgan fingerprint density at radius 3 is 2.45 bits per heavy atom. The summed E-state index contributed by atoms with van der Waals surface area (Å²) in [4.78, 5) is 11.9. The highest BCUT2D eigenvalue weighted by molar-refractivity contribution is 6.20. The van der Waals surface area contributed by atoms with Crippen LogP contribution in [0.1, 0.15) is 13.8 Å². The number of nitrogens with one attached hydrogen (secondary N) is 1. The number of ether oxygens (including phenoxy) is 1. The van der Waals surface area contributed by atoms with Crippen LogP contribution >= 0.6 is 11.6 Å². The van der Waals surface area contributed by atoms with E-state index in [1.54, 1.807) is 19.9 Å². The van der Waals surface area contributed by atoms with Crippen molar-refractivity contribution in [3.8, 4) is 5.75 Å². The first-order valence-electron chi connectivity index (χ1n) is 5.82. The summed E-state index contributed by atoms with van der Waals surface area (Å²) in [6.45, 7) is 1.85. The number of alkyl halides is 4. The van der Waals surface area contributed by atoms with Gasteiger partial charge in [-0.05, 0) is 26.0 Å². The molecule has 1 N–H and O–H groups in total. The van der Waals surface area contributed by atoms with E-state index in [9.17, 15) is 18.0 Å². The van der Waals surface area contributed by atoms with Crippen molar-refractivity contribution in [2.75, 3.05) is 17.8 Å². The molecule has 0 aliphatic heterocycles. The Morgan fingerprint density at radius 2 is 1.90 bits per heavy atom. The van der Waals surface area contributed by atoms with Gasteiger partial charge < -0.3 is 10.1 Å². The molecule has 0 bridgehead atoms. The van der Waals surface area contributed by atoms with Gasteiger partial charge in [0.1, 0.15) is 5.75 Å². The van der Waals surface area contributed by atoms with Gasteiger partial charge in [-0.2, -0.15) is 13.2 Å². The fraction of sp³-hybridized carbons (Fsp3) is 0.462. The Morgan fingerprint density at radius 1 is 1.30 bits per heavy atom. The molecule has 0 atom stereocenters. The molecule has 112 valence electrons. The number of benzene rings is 1. The van der Waals surface area contributed by atoms with E-state index in [0.29, 0.717) is 0 Å². The van der Waals surface area contributed by atoms with Crippen LogP contribution in [0.5, 0.6) is 5.75 Å². The molecule has 1 aromatic rings. The van der Waals surface area contributed by atoms with E-state index in [0.717, 1.165) is 0 Å². The van der Waals surface area contributed by atoms with Gasteiger partial charge in [0.2, 0.25) is 5.91 Å². The van der Waals surface area contributed by atoms with Gasteiger partial charge in [0.05, 0.1) is 11.1 Å². The molecule has 0 unspecified atom stereocenters. The van der Waals surface area contributed by atoms with Gasteiger partial charge >= 0.3 is 6.18 Å². The van der Waals surface area contributed by atoms with Crippen molar-refractivity contribution in [3.05, 3.63) is 24.3 Å². The van der Waals surface area contributed by atoms with Gasteiger partial charge in [-0.25, -0.2) is 0 Å². The number of para-hydroxylation sites is 2. The summed E-state index contributed by atoms with van der Waals surface area (Å²) in [5.74, 6) is -0.344. The second kappa shape index (κ2) is 6.35. The van der Waals surface area contributed by atoms with Crippen LogP contribution in [0.2, 0.25) is 0 Å². The molecule has 3 nitrogen and oxygen atoms in total. The molecule has 0 aliphatic rings. The van der Waals surface area contributed by atoms with Gasteiger partial charge in [0, 0.05) is 5.88 Å². The zero-order valence-electron chi connectivity index (χ0n) is 11.1. The normalized spacial score (nSPS) is 12.1. The lowest BCUT2D eigenvalue weighted by Crippen LogP contribution is -2.32. The third-order valence-electron chi connectivity index (χ3n) is 2.48. The first kappa shape index (κ1) is 16.6. The highest BCUT2D eigenvalue weighted by Gasteiger charge is 2.30. The number of rotatable bonds is 5. The maximum Gasteiger partial charge on any atom is 0.422 e. The Kier molecular flexibility index (Phi) is 5.28. The number of anilines is 1. The third kappa shape index (κ3) is 4.92. The van der Waals surface area contributed by atoms with Crippen LogP contribution in [0.25, 0.3) is 0 Å². The van der Waals surface area contributed by atoms with Crippen molar-refractivity contribution in [1.82, 2.24) is 0 Å². The lowest BCUT2D eigenvalue weighted by molar-refractivity contribution is -0.153. The zero-order chi connectivity index (χ0) is 15.4. The highest BCUT2D eigenvalue weighted by atomic mass is 35.5. The zero-order valence-corrected chi connectivity index (χ0v) is 11.8. The van der Waals surface area contributed by atoms with Gasteiger partial charge in [-0.3, -0.25) is 4.79 Å². The van der Waals surface area contributed by atoms with Crippen molar-refractivity contribution in [1.29, 1.82) is 0 Å². The van der Waals surface area contributed by atoms with E-state index >= 15 is 0 Å². The largest absolute Gasteiger partial charge is 0.482 e. The van der Waals surface area contributed by atoms with E-state index in [1.165, 1.54) is 18.2 Å². The summed E-state index contributed by atoms with van der Waals surface area (Å²) in [6.07, 6.45) is -4.44. The van der Waals surface area contributed by atoms with E-state index in [1.807, 2.05) is 0 Å². The van der Waals surface area contributed by atoms with Crippen molar-refractivity contribution in [2.24, 2.45) is 5.41 Å². The van der Waals surface area contributed by atoms with Gasteiger partial charge in [0.25, 0.3) is 0 Å². The van der Waals surface area contributed by atoms with E-state index in [-0.39, 0.29) is 17.3 Å². The van der Waals surface area contributed by atoms with Crippen molar-refractivity contribution in [2.45, 2.75) is 20.0 Å². The molecular formula is C13H15ClF3NO2. The quantitative estimate of drug-likeness (QED) is 0.839. The van der Waals surface area contributed by atoms with Gasteiger partial charge in [0.15, 0.2) is 6.61 Å². The number of hydrogen-bond donors (Lipinski definition) is 1. The fourth-order valence-electron chi connectivity index (χ4n) is 1.21. The summed E-state index contributed by atoms with van der Waals surface area (Å²) in [6, 6.07) is 5.93. The number of amides is 1. The molecule has 20 heavy (non-hydrogen) atoms. The van der Waals surface area contributed by atoms with Crippen molar-refractivity contribution in [3.63, 3.8) is 0 Å². The maximum atomic E-state index is 12.1. The molecular weight excluding hydrogens is 295 g/mol. The molecule has 1 aromatic carbocycles. The smallest absolute Gasteiger partial charge is 0.422 e. The van der Waals surface area contributed by atoms with Crippen molar-refractivity contribution < 1.29 is 22.7 Å². The van der Waals surface area contributed by atoms with Crippen LogP contribution in [0.3, 0.4) is 0 Å². The Hall–Kier alpha value is -1.43. The average molecular weight is 310 g/mol. The molecule has 1 amide bonds. The van der Waals surface area contributed by atoms with Gasteiger partial charge in [-0.15, -0.1) is 11.6 Å². The molecule has 0 heterocycles. The van der Waals surface area contributed by atoms with Crippen LogP contribution in [-0.2, 0) is 4.79 Å². The second-order valence-corrected chi connectivity index (χ2v) is 5.14. The average Bonchev–Trinajstić information content (AvgIpc) is 2.36. The van der Waals surface area contributed by atoms with E-state index < -0.39 is 24.1 Å². The summed E-state index contributed by atoms with van der Waals surface area (Å²) in [7, 11) is 0. The molecule has 0 radical (unpaired) electrons. The topological polar surface area (TPSA) is 38.3 Å². The van der Waals surface area contributed by atoms with Crippen LogP contribution in [-0.4, -0.2) is 24.6 Å². The second-order valence-electron chi connectivity index (χ2n) is 4.87. The number of hydrogen-bond acceptors (Lipinski definition) is 2. The standard InChI is InChI=1S/C13H15ClF3NO2/c1-12(2,7-14)11(19)18-9-5-3-4-6-10(9)20-8-13(15,16)17/h3-6H,7-8H2,1-2H3,(H,18,19). The summed E-state index contributed by atoms with van der Waals surface area (Å²) < 4.78 is 41.1. The molecule has 0 saturated heterocycles. The number of carbonyl (C=O) groups is 1. The minimum absolute atomic E-state index is 0.0384. The Labute approximate surface area is 120 Å². The molecule has 7 heteroatoms. The molecule has 0 aliphatic carbocycles. The third-order valence-corrected chi connectivity index (χ3v) is 3.14. The van der Waals surface area contributed by atoms with Crippen LogP contribution in [0.4, 0.5) is 18.9 Å². The summed E-state index contributed by atoms with van der Waals surface area (Å²) in [5, 5.41) is 2.52. The van der Waals surface area contributed by atoms with E-state index in [4.69, 9.17) is 11.6 Å². The lowest BCUT2D eigenvalue weighted by atomic mass is 9.95. The number of carbonyl (C=O) groups excluding carboxylic acids is 1. The SMILES string of the molecule is CC(C)(CCl)C(=O)Nc1ccccc1OCC(F)(F)F. The summed E-state index contributed by atoms with van der Waals surface area (Å²) in [5.41, 5.74) is -0.654. The predicted molar refractivity (Wildman–Crippen MR) is 71.1 cm³/mol. The van der Waals surface area contributed by atoms with Crippen LogP contribution in [0.15, 0.2) is 24.3 Å². The number of halogens is 4. The molecule has 0 aromatic heterocycles. The highest BCUT2D eigenvalue weighted by Crippen LogP contribution is 2.28. The van der Waals surface area contributed by atoms with Crippen molar-refractivity contribution >= 4 is 23.2 Å². The monoisotopic (exact) mass is 309 g/mol. The molecule has 0 saturated carbocycles. The first-order chi connectivity index (χ1) is 9.15. The minimum Gasteiger partial charge on any atom is -0.482 e. The molecule has 1 rings (SSSR count). The summed E-state index contributed by atoms with van der Waals surface area (Å²) >= 11 is 5.67. The fourth-order valence-corrected chi connectivity index (χ4v) is 1.33.